The van der Waals surface area contributed by atoms with Crippen molar-refractivity contribution in [1.29, 1.82) is 0 Å². The SMILES string of the molecule is CC(CCO)CCc1cccc(N(c2ccccc2)c2ccc3c(c2)C(C)(C)c2cc(N(c4ccccc4)c4cccc(CCC(C)CCO)c4)ccc2-3)c1. The molecule has 0 saturated heterocycles. The normalized spacial score (nSPS) is 13.9. The second-order valence-electron chi connectivity index (χ2n) is 16.1. The maximum absolute atomic E-state index is 9.43. The van der Waals surface area contributed by atoms with Gasteiger partial charge in [0.05, 0.1) is 0 Å². The molecule has 0 aromatic heterocycles. The molecule has 6 aromatic rings. The molecule has 0 spiro atoms. The van der Waals surface area contributed by atoms with E-state index in [9.17, 15) is 10.2 Å². The van der Waals surface area contributed by atoms with Crippen LogP contribution in [0.3, 0.4) is 0 Å². The van der Waals surface area contributed by atoms with E-state index in [0.717, 1.165) is 72.6 Å². The Kier molecular flexibility index (Phi) is 11.9. The minimum atomic E-state index is -0.225. The van der Waals surface area contributed by atoms with Crippen LogP contribution in [-0.2, 0) is 18.3 Å². The van der Waals surface area contributed by atoms with Crippen LogP contribution in [0.15, 0.2) is 146 Å². The van der Waals surface area contributed by atoms with Gasteiger partial charge in [0, 0.05) is 52.8 Å². The van der Waals surface area contributed by atoms with Crippen LogP contribution < -0.4 is 9.80 Å². The molecule has 2 unspecified atom stereocenters. The Morgan fingerprint density at radius 1 is 0.436 bits per heavy atom. The molecule has 6 aromatic carbocycles. The topological polar surface area (TPSA) is 46.9 Å². The van der Waals surface area contributed by atoms with E-state index in [1.54, 1.807) is 0 Å². The fourth-order valence-corrected chi connectivity index (χ4v) is 8.30. The summed E-state index contributed by atoms with van der Waals surface area (Å²) in [7, 11) is 0. The molecule has 4 heteroatoms. The van der Waals surface area contributed by atoms with Gasteiger partial charge in [-0.1, -0.05) is 100 Å². The number of benzene rings is 6. The predicted molar refractivity (Wildman–Crippen MR) is 232 cm³/mol. The molecule has 4 nitrogen and oxygen atoms in total. The van der Waals surface area contributed by atoms with Gasteiger partial charge < -0.3 is 20.0 Å². The van der Waals surface area contributed by atoms with Crippen molar-refractivity contribution in [3.63, 3.8) is 0 Å². The summed E-state index contributed by atoms with van der Waals surface area (Å²) in [5.74, 6) is 0.975. The minimum Gasteiger partial charge on any atom is -0.396 e. The first-order valence-electron chi connectivity index (χ1n) is 20.2. The second kappa shape index (κ2) is 17.1. The Morgan fingerprint density at radius 3 is 1.22 bits per heavy atom. The molecule has 2 atom stereocenters. The van der Waals surface area contributed by atoms with Gasteiger partial charge in [-0.3, -0.25) is 0 Å². The van der Waals surface area contributed by atoms with E-state index in [2.05, 4.69) is 183 Å². The van der Waals surface area contributed by atoms with Crippen molar-refractivity contribution in [1.82, 2.24) is 0 Å². The molecular formula is C51H56N2O2. The number of nitrogens with zero attached hydrogens (tertiary/aromatic N) is 2. The quantitative estimate of drug-likeness (QED) is 0.104. The van der Waals surface area contributed by atoms with Crippen LogP contribution in [0.1, 0.15) is 75.6 Å². The van der Waals surface area contributed by atoms with Gasteiger partial charge in [-0.15, -0.1) is 0 Å². The molecule has 1 aliphatic rings. The zero-order valence-corrected chi connectivity index (χ0v) is 33.0. The molecule has 0 saturated carbocycles. The second-order valence-corrected chi connectivity index (χ2v) is 16.1. The van der Waals surface area contributed by atoms with Gasteiger partial charge in [0.2, 0.25) is 0 Å². The molecule has 0 aliphatic heterocycles. The lowest BCUT2D eigenvalue weighted by Gasteiger charge is -2.29. The fraction of sp³-hybridized carbons (Fsp3) is 0.294. The van der Waals surface area contributed by atoms with Gasteiger partial charge in [-0.25, -0.2) is 0 Å². The third-order valence-corrected chi connectivity index (χ3v) is 11.6. The Labute approximate surface area is 328 Å². The summed E-state index contributed by atoms with van der Waals surface area (Å²) in [6.45, 7) is 9.68. The van der Waals surface area contributed by atoms with Crippen LogP contribution in [-0.4, -0.2) is 23.4 Å². The number of fused-ring (bicyclic) bond motifs is 3. The number of aliphatic hydroxyl groups excluding tert-OH is 2. The highest BCUT2D eigenvalue weighted by atomic mass is 16.3. The summed E-state index contributed by atoms with van der Waals surface area (Å²) in [5, 5.41) is 18.9. The van der Waals surface area contributed by atoms with Gasteiger partial charge in [-0.05, 0) is 157 Å². The molecule has 0 radical (unpaired) electrons. The molecule has 1 aliphatic carbocycles. The number of aliphatic hydroxyl groups is 2. The lowest BCUT2D eigenvalue weighted by Crippen LogP contribution is -2.17. The Morgan fingerprint density at radius 2 is 0.818 bits per heavy atom. The first-order chi connectivity index (χ1) is 26.8. The summed E-state index contributed by atoms with van der Waals surface area (Å²) in [4.78, 5) is 4.78. The molecule has 282 valence electrons. The van der Waals surface area contributed by atoms with E-state index in [-0.39, 0.29) is 18.6 Å². The zero-order chi connectivity index (χ0) is 38.4. The lowest BCUT2D eigenvalue weighted by molar-refractivity contribution is 0.258. The highest BCUT2D eigenvalue weighted by Crippen LogP contribution is 2.52. The van der Waals surface area contributed by atoms with Crippen molar-refractivity contribution in [3.8, 4) is 11.1 Å². The van der Waals surface area contributed by atoms with Crippen LogP contribution in [0.4, 0.5) is 34.1 Å². The van der Waals surface area contributed by atoms with Gasteiger partial charge in [0.25, 0.3) is 0 Å². The smallest absolute Gasteiger partial charge is 0.0465 e. The molecule has 0 amide bonds. The maximum atomic E-state index is 9.43. The predicted octanol–water partition coefficient (Wildman–Crippen LogP) is 12.8. The molecule has 0 heterocycles. The van der Waals surface area contributed by atoms with E-state index in [0.29, 0.717) is 11.8 Å². The lowest BCUT2D eigenvalue weighted by atomic mass is 9.82. The number of anilines is 6. The van der Waals surface area contributed by atoms with Crippen molar-refractivity contribution < 1.29 is 10.2 Å². The summed E-state index contributed by atoms with van der Waals surface area (Å²) < 4.78 is 0. The minimum absolute atomic E-state index is 0.225. The molecule has 55 heavy (non-hydrogen) atoms. The van der Waals surface area contributed by atoms with Crippen LogP contribution in [0.5, 0.6) is 0 Å². The molecule has 2 N–H and O–H groups in total. The highest BCUT2D eigenvalue weighted by Gasteiger charge is 2.37. The van der Waals surface area contributed by atoms with E-state index < -0.39 is 0 Å². The number of aryl methyl sites for hydroxylation is 2. The first kappa shape index (κ1) is 38.1. The highest BCUT2D eigenvalue weighted by molar-refractivity contribution is 5.88. The fourth-order valence-electron chi connectivity index (χ4n) is 8.30. The Balaban J connectivity index is 1.24. The summed E-state index contributed by atoms with van der Waals surface area (Å²) in [6.07, 6.45) is 5.77. The van der Waals surface area contributed by atoms with Crippen LogP contribution in [0.2, 0.25) is 0 Å². The van der Waals surface area contributed by atoms with E-state index in [4.69, 9.17) is 0 Å². The molecule has 0 fully saturated rings. The largest absolute Gasteiger partial charge is 0.396 e. The average Bonchev–Trinajstić information content (AvgIpc) is 3.43. The first-order valence-corrected chi connectivity index (χ1v) is 20.2. The van der Waals surface area contributed by atoms with Crippen LogP contribution in [0, 0.1) is 11.8 Å². The average molecular weight is 729 g/mol. The van der Waals surface area contributed by atoms with Gasteiger partial charge in [-0.2, -0.15) is 0 Å². The third-order valence-electron chi connectivity index (χ3n) is 11.6. The van der Waals surface area contributed by atoms with E-state index in [1.807, 2.05) is 0 Å². The number of hydrogen-bond acceptors (Lipinski definition) is 4. The van der Waals surface area contributed by atoms with Crippen molar-refractivity contribution >= 4 is 34.1 Å². The van der Waals surface area contributed by atoms with E-state index in [1.165, 1.54) is 33.4 Å². The van der Waals surface area contributed by atoms with Crippen molar-refractivity contribution in [2.75, 3.05) is 23.0 Å². The van der Waals surface area contributed by atoms with Crippen LogP contribution >= 0.6 is 0 Å². The summed E-state index contributed by atoms with van der Waals surface area (Å²) in [6, 6.07) is 53.3. The van der Waals surface area contributed by atoms with E-state index >= 15 is 0 Å². The van der Waals surface area contributed by atoms with Crippen molar-refractivity contribution in [3.05, 3.63) is 168 Å². The number of rotatable bonds is 16. The van der Waals surface area contributed by atoms with Gasteiger partial charge in [0.15, 0.2) is 0 Å². The number of para-hydroxylation sites is 2. The van der Waals surface area contributed by atoms with Gasteiger partial charge in [0.1, 0.15) is 0 Å². The standard InChI is InChI=1S/C51H56N2O2/c1-37(29-31-54)21-23-39-13-11-19-43(33-39)52(41-15-7-5-8-16-41)45-25-27-47-48-28-26-46(36-50(48)51(3,4)49(47)35-45)53(42-17-9-6-10-18-42)44-20-12-14-40(34-44)24-22-38(2)30-32-55/h5-20,25-28,33-38,54-55H,21-24,29-32H2,1-4H3. The molecule has 7 rings (SSSR count). The van der Waals surface area contributed by atoms with Crippen LogP contribution in [0.25, 0.3) is 11.1 Å². The Hall–Kier alpha value is -5.16. The van der Waals surface area contributed by atoms with Gasteiger partial charge >= 0.3 is 0 Å². The summed E-state index contributed by atoms with van der Waals surface area (Å²) in [5.41, 5.74) is 14.5. The van der Waals surface area contributed by atoms with Crippen molar-refractivity contribution in [2.24, 2.45) is 11.8 Å². The zero-order valence-electron chi connectivity index (χ0n) is 33.0. The number of hydrogen-bond donors (Lipinski definition) is 2. The summed E-state index contributed by atoms with van der Waals surface area (Å²) >= 11 is 0. The monoisotopic (exact) mass is 728 g/mol. The molecular weight excluding hydrogens is 673 g/mol. The maximum Gasteiger partial charge on any atom is 0.0465 e. The molecule has 0 bridgehead atoms. The van der Waals surface area contributed by atoms with Crippen molar-refractivity contribution in [2.45, 2.75) is 71.6 Å². The third kappa shape index (κ3) is 8.42. The Bertz CT molecular complexity index is 2020.